The first-order chi connectivity index (χ1) is 17.9. The Bertz CT molecular complexity index is 2390. The normalized spacial score (nSPS) is 15.9. The van der Waals surface area contributed by atoms with Crippen molar-refractivity contribution in [3.8, 4) is 11.1 Å². The highest BCUT2D eigenvalue weighted by atomic mass is 32.1. The third-order valence-electron chi connectivity index (χ3n) is 6.90. The van der Waals surface area contributed by atoms with E-state index in [-0.39, 0.29) is 0 Å². The zero-order chi connectivity index (χ0) is 23.6. The molecule has 0 radical (unpaired) electrons. The maximum absolute atomic E-state index is 5.11. The predicted molar refractivity (Wildman–Crippen MR) is 146 cm³/mol. The van der Waals surface area contributed by atoms with E-state index in [0.29, 0.717) is 0 Å². The second kappa shape index (κ2) is 7.65. The van der Waals surface area contributed by atoms with E-state index in [9.17, 15) is 0 Å². The second-order valence-corrected chi connectivity index (χ2v) is 10.8. The number of thiophene rings is 2. The van der Waals surface area contributed by atoms with Gasteiger partial charge in [-0.25, -0.2) is 0 Å². The van der Waals surface area contributed by atoms with E-state index in [4.69, 9.17) is 15.0 Å². The van der Waals surface area contributed by atoms with Crippen molar-refractivity contribution in [2.75, 3.05) is 0 Å². The fraction of sp³-hybridized carbons (Fsp3) is 0. The molecule has 2 aromatic carbocycles. The van der Waals surface area contributed by atoms with Crippen molar-refractivity contribution in [3.63, 3.8) is 0 Å². The van der Waals surface area contributed by atoms with Crippen molar-refractivity contribution >= 4 is 42.8 Å². The van der Waals surface area contributed by atoms with Crippen molar-refractivity contribution in [3.05, 3.63) is 144 Å². The van der Waals surface area contributed by atoms with Crippen LogP contribution in [0.3, 0.4) is 0 Å². The fourth-order valence-electron chi connectivity index (χ4n) is 5.30. The summed E-state index contributed by atoms with van der Waals surface area (Å²) in [6.07, 6.45) is 5.73. The van der Waals surface area contributed by atoms with Gasteiger partial charge in [-0.05, 0) is 35.7 Å². The van der Waals surface area contributed by atoms with E-state index >= 15 is 0 Å². The van der Waals surface area contributed by atoms with Crippen molar-refractivity contribution in [2.45, 2.75) is 0 Å². The van der Waals surface area contributed by atoms with Crippen LogP contribution in [-0.2, 0) is 0 Å². The van der Waals surface area contributed by atoms with Gasteiger partial charge in [-0.1, -0.05) is 48.5 Å². The van der Waals surface area contributed by atoms with Gasteiger partial charge < -0.3 is 0 Å². The van der Waals surface area contributed by atoms with E-state index < -0.39 is 0 Å². The number of hydrogen-bond donors (Lipinski definition) is 0. The molecule has 0 saturated carbocycles. The van der Waals surface area contributed by atoms with Crippen LogP contribution in [-0.4, -0.2) is 15.0 Å². The molecule has 0 aliphatic heterocycles. The molecule has 8 rings (SSSR count). The quantitative estimate of drug-likeness (QED) is 0.238. The fourth-order valence-corrected chi connectivity index (χ4v) is 7.46. The molecule has 5 heterocycles. The van der Waals surface area contributed by atoms with Crippen molar-refractivity contribution < 1.29 is 0 Å². The summed E-state index contributed by atoms with van der Waals surface area (Å²) in [5, 5.41) is 11.9. The van der Waals surface area contributed by atoms with Crippen LogP contribution >= 0.6 is 22.7 Å². The summed E-state index contributed by atoms with van der Waals surface area (Å²) < 4.78 is 3.77. The summed E-state index contributed by atoms with van der Waals surface area (Å²) in [5.74, 6) is 0. The molecule has 5 aromatic heterocycles. The number of rotatable bonds is 1. The molecule has 7 aromatic rings. The molecule has 0 saturated heterocycles. The molecular formula is C31H17N3S2. The Labute approximate surface area is 212 Å². The Morgan fingerprint density at radius 1 is 0.583 bits per heavy atom. The van der Waals surface area contributed by atoms with E-state index in [1.54, 1.807) is 11.3 Å². The average Bonchev–Trinajstić information content (AvgIpc) is 3.57. The number of fused-ring (bicyclic) bond motifs is 7. The summed E-state index contributed by atoms with van der Waals surface area (Å²) >= 11 is 3.57. The van der Waals surface area contributed by atoms with E-state index in [0.717, 1.165) is 42.5 Å². The molecule has 5 heteroatoms. The molecule has 0 amide bonds. The number of benzene rings is 2. The van der Waals surface area contributed by atoms with E-state index in [1.165, 1.54) is 30.3 Å². The first-order valence-electron chi connectivity index (χ1n) is 11.8. The van der Waals surface area contributed by atoms with Crippen molar-refractivity contribution in [2.24, 2.45) is 0 Å². The van der Waals surface area contributed by atoms with Crippen LogP contribution in [0.2, 0.25) is 0 Å². The monoisotopic (exact) mass is 495 g/mol. The molecular weight excluding hydrogens is 478 g/mol. The molecule has 1 aliphatic carbocycles. The third-order valence-corrected chi connectivity index (χ3v) is 9.04. The lowest BCUT2D eigenvalue weighted by atomic mass is 10.0. The lowest BCUT2D eigenvalue weighted by Crippen LogP contribution is -1.94. The van der Waals surface area contributed by atoms with Gasteiger partial charge in [0.1, 0.15) is 0 Å². The SMILES string of the molecule is c1cnc2/c(c1)=c1/cc(-c3cccc4c3sc3ccccc34)cn/c1=c1\scc\c1=c1/cccn/c1=2. The van der Waals surface area contributed by atoms with Gasteiger partial charge in [-0.2, -0.15) is 0 Å². The number of nitrogens with zero attached hydrogens (tertiary/aromatic N) is 3. The maximum Gasteiger partial charge on any atom is 0.0971 e. The van der Waals surface area contributed by atoms with Gasteiger partial charge in [0.05, 0.1) is 20.6 Å². The van der Waals surface area contributed by atoms with Gasteiger partial charge in [0.25, 0.3) is 0 Å². The Morgan fingerprint density at radius 2 is 1.36 bits per heavy atom. The van der Waals surface area contributed by atoms with Gasteiger partial charge in [0.2, 0.25) is 0 Å². The van der Waals surface area contributed by atoms with Gasteiger partial charge in [0.15, 0.2) is 0 Å². The van der Waals surface area contributed by atoms with Crippen LogP contribution in [0.1, 0.15) is 0 Å². The van der Waals surface area contributed by atoms with Crippen molar-refractivity contribution in [1.29, 1.82) is 0 Å². The van der Waals surface area contributed by atoms with Crippen LogP contribution in [0.5, 0.6) is 0 Å². The molecule has 0 spiro atoms. The van der Waals surface area contributed by atoms with Crippen molar-refractivity contribution in [1.82, 2.24) is 15.0 Å². The highest BCUT2D eigenvalue weighted by Crippen LogP contribution is 2.39. The Balaban J connectivity index is 1.62. The summed E-state index contributed by atoms with van der Waals surface area (Å²) in [5.41, 5.74) is 2.32. The van der Waals surface area contributed by atoms with Gasteiger partial charge in [0, 0.05) is 70.8 Å². The minimum atomic E-state index is 0.894. The molecule has 168 valence electrons. The summed E-state index contributed by atoms with van der Waals surface area (Å²) in [6, 6.07) is 28.0. The molecule has 0 bridgehead atoms. The van der Waals surface area contributed by atoms with E-state index in [2.05, 4.69) is 72.1 Å². The zero-order valence-corrected chi connectivity index (χ0v) is 20.6. The molecule has 36 heavy (non-hydrogen) atoms. The standard InChI is InChI=1S/C31H17N3S2/c1-2-11-26-20(6-1)23-8-3-7-19(30(23)36-26)18-16-25-22-10-5-14-33-28(22)27-21(9-4-13-32-27)24-12-15-35-31(24)29(25)34-17-18/h1-17H/b24-21-,25-22-,28-27-,31-29-. The Morgan fingerprint density at radius 3 is 2.22 bits per heavy atom. The Kier molecular flexibility index (Phi) is 4.26. The molecule has 0 unspecified atom stereocenters. The first kappa shape index (κ1) is 20.0. The van der Waals surface area contributed by atoms with Crippen LogP contribution in [0.25, 0.3) is 31.3 Å². The molecule has 1 aliphatic rings. The zero-order valence-electron chi connectivity index (χ0n) is 19.0. The number of pyridine rings is 3. The minimum Gasteiger partial charge on any atom is -0.254 e. The van der Waals surface area contributed by atoms with Crippen LogP contribution in [0.15, 0.2) is 103 Å². The molecule has 3 nitrogen and oxygen atoms in total. The lowest BCUT2D eigenvalue weighted by molar-refractivity contribution is 1.09. The van der Waals surface area contributed by atoms with Crippen LogP contribution in [0, 0.1) is 41.5 Å². The highest BCUT2D eigenvalue weighted by molar-refractivity contribution is 7.26. The van der Waals surface area contributed by atoms with Crippen LogP contribution in [0.4, 0.5) is 0 Å². The van der Waals surface area contributed by atoms with Gasteiger partial charge >= 0.3 is 0 Å². The number of aromatic nitrogens is 3. The summed E-state index contributed by atoms with van der Waals surface area (Å²) in [6.45, 7) is 0. The largest absolute Gasteiger partial charge is 0.254 e. The average molecular weight is 496 g/mol. The summed E-state index contributed by atoms with van der Waals surface area (Å²) in [7, 11) is 0. The third kappa shape index (κ3) is 2.81. The molecule has 0 fully saturated rings. The maximum atomic E-state index is 5.11. The predicted octanol–water partition coefficient (Wildman–Crippen LogP) is 7.43. The first-order valence-corrected chi connectivity index (χ1v) is 13.5. The minimum absolute atomic E-state index is 0.894. The highest BCUT2D eigenvalue weighted by Gasteiger charge is 2.11. The Hall–Kier alpha value is -4.19. The van der Waals surface area contributed by atoms with E-state index in [1.807, 2.05) is 42.1 Å². The van der Waals surface area contributed by atoms with Gasteiger partial charge in [-0.3, -0.25) is 15.0 Å². The topological polar surface area (TPSA) is 38.7 Å². The van der Waals surface area contributed by atoms with Gasteiger partial charge in [-0.15, -0.1) is 22.7 Å². The molecule has 0 atom stereocenters. The number of hydrogen-bond acceptors (Lipinski definition) is 5. The lowest BCUT2D eigenvalue weighted by Gasteiger charge is -2.05. The van der Waals surface area contributed by atoms with Crippen LogP contribution < -0.4 is 0 Å². The summed E-state index contributed by atoms with van der Waals surface area (Å²) in [4.78, 5) is 14.7. The smallest absolute Gasteiger partial charge is 0.0971 e. The molecule has 0 N–H and O–H groups in total. The second-order valence-electron chi connectivity index (χ2n) is 8.86.